The number of allylic oxidation sites excluding steroid dienone is 1. The summed E-state index contributed by atoms with van der Waals surface area (Å²) in [6.45, 7) is -0.0110. The number of anilines is 1. The summed E-state index contributed by atoms with van der Waals surface area (Å²) in [5.74, 6) is -1.33. The van der Waals surface area contributed by atoms with Crippen LogP contribution in [0, 0.1) is 5.41 Å². The molecule has 2 aliphatic rings. The lowest BCUT2D eigenvalue weighted by Crippen LogP contribution is -2.46. The fourth-order valence-corrected chi connectivity index (χ4v) is 8.88. The van der Waals surface area contributed by atoms with Crippen molar-refractivity contribution in [1.82, 2.24) is 30.2 Å². The molecule has 0 saturated carbocycles. The molecule has 0 bridgehead atoms. The second-order valence-corrected chi connectivity index (χ2v) is 18.4. The van der Waals surface area contributed by atoms with Crippen molar-refractivity contribution in [3.63, 3.8) is 0 Å². The van der Waals surface area contributed by atoms with Gasteiger partial charge in [-0.2, -0.15) is 0 Å². The van der Waals surface area contributed by atoms with E-state index in [4.69, 9.17) is 10.5 Å². The number of hydrogen-bond acceptors (Lipinski definition) is 23. The third kappa shape index (κ3) is 13.6. The van der Waals surface area contributed by atoms with Crippen LogP contribution in [-0.2, 0) is 50.7 Å². The van der Waals surface area contributed by atoms with Crippen LogP contribution in [0.1, 0.15) is 45.8 Å². The molecule has 29 heteroatoms. The van der Waals surface area contributed by atoms with Crippen LogP contribution < -0.4 is 35.9 Å². The summed E-state index contributed by atoms with van der Waals surface area (Å²) in [5.41, 5.74) is 4.58. The number of amides is 2. The van der Waals surface area contributed by atoms with Crippen LogP contribution in [-0.4, -0.2) is 114 Å². The number of ether oxygens (including phenoxy) is 1. The van der Waals surface area contributed by atoms with Crippen molar-refractivity contribution >= 4 is 69.1 Å². The zero-order valence-electron chi connectivity index (χ0n) is 30.1. The zero-order chi connectivity index (χ0) is 42.3. The molecule has 2 aromatic rings. The summed E-state index contributed by atoms with van der Waals surface area (Å²) in [5, 5.41) is 35.7. The number of aliphatic hydroxyl groups is 3. The van der Waals surface area contributed by atoms with Crippen molar-refractivity contribution in [2.24, 2.45) is 5.41 Å². The lowest BCUT2D eigenvalue weighted by molar-refractivity contribution is -0.347. The molecule has 0 radical (unpaired) electrons. The van der Waals surface area contributed by atoms with E-state index in [1.54, 1.807) is 6.08 Å². The van der Waals surface area contributed by atoms with Gasteiger partial charge in [0.2, 0.25) is 16.9 Å². The number of hydrogen-bond donors (Lipinski definition) is 6. The monoisotopic (exact) mass is 887 g/mol. The number of phosphoric ester groups is 3. The highest BCUT2D eigenvalue weighted by Gasteiger charge is 2.47. The van der Waals surface area contributed by atoms with Gasteiger partial charge in [0.1, 0.15) is 36.3 Å². The number of phosphoric acid groups is 3. The molecule has 320 valence electrons. The van der Waals surface area contributed by atoms with Gasteiger partial charge in [0.15, 0.2) is 17.7 Å². The SMILES string of the molecule is CC(C)(COP(=O)([O-])OP(=O)([O-])OC[C@H]1O[C@@H](n2cnc3c(N)ncnc32)[C@H](O)[C@@H]1OP(=O)([O-])[O-])[C@@H](O)C(=O)NCCC(=O)NCCSC(=O)C1=CCC[C@H](O)C1. The molecule has 7 N–H and O–H groups in total. The second-order valence-electron chi connectivity index (χ2n) is 13.3. The summed E-state index contributed by atoms with van der Waals surface area (Å²) < 4.78 is 60.5. The minimum Gasteiger partial charge on any atom is -0.790 e. The highest BCUT2D eigenvalue weighted by atomic mass is 32.2. The van der Waals surface area contributed by atoms with Crippen LogP contribution >= 0.6 is 35.2 Å². The number of imidazole rings is 1. The standard InChI is InChI=1S/C28H44N7O18P3S/c1-28(2,22(39)25(40)31-7-6-18(37)30-8-9-57-27(41)15-4-3-5-16(36)10-15)12-50-56(47,48)53-55(45,46)49-11-17-21(52-54(42,43)44)20(38)26(51-17)35-14-34-19-23(29)32-13-33-24(19)35/h4,13-14,16-17,20-22,26,36,38-39H,3,5-12H2,1-2H3,(H,30,37)(H,31,40)(H,45,46)(H,47,48)(H2,29,32,33)(H2,42,43,44)/p-4/t16-,17+,20+,21+,22-,26+/m0/s1. The smallest absolute Gasteiger partial charge is 0.274 e. The van der Waals surface area contributed by atoms with Gasteiger partial charge in [-0.05, 0) is 12.8 Å². The summed E-state index contributed by atoms with van der Waals surface area (Å²) in [4.78, 5) is 96.3. The maximum Gasteiger partial charge on any atom is 0.274 e. The molecule has 8 atom stereocenters. The van der Waals surface area contributed by atoms with Gasteiger partial charge >= 0.3 is 0 Å². The van der Waals surface area contributed by atoms with Crippen LogP contribution in [0.4, 0.5) is 5.82 Å². The Morgan fingerprint density at radius 1 is 1.09 bits per heavy atom. The molecular weight excluding hydrogens is 847 g/mol. The molecule has 0 spiro atoms. The number of nitrogen functional groups attached to an aromatic ring is 1. The number of aromatic nitrogens is 4. The average molecular weight is 888 g/mol. The van der Waals surface area contributed by atoms with Crippen molar-refractivity contribution in [2.75, 3.05) is 37.8 Å². The summed E-state index contributed by atoms with van der Waals surface area (Å²) >= 11 is 0.988. The predicted molar refractivity (Wildman–Crippen MR) is 186 cm³/mol. The number of aliphatic hydroxyl groups excluding tert-OH is 3. The first-order chi connectivity index (χ1) is 26.5. The Bertz CT molecular complexity index is 1950. The highest BCUT2D eigenvalue weighted by Crippen LogP contribution is 2.56. The number of carbonyl (C=O) groups is 3. The Labute approximate surface area is 328 Å². The van der Waals surface area contributed by atoms with Gasteiger partial charge in [-0.3, -0.25) is 28.1 Å². The quantitative estimate of drug-likeness (QED) is 0.0557. The van der Waals surface area contributed by atoms with E-state index in [0.29, 0.717) is 18.4 Å². The van der Waals surface area contributed by atoms with E-state index in [1.807, 2.05) is 0 Å². The van der Waals surface area contributed by atoms with Gasteiger partial charge in [-0.15, -0.1) is 0 Å². The largest absolute Gasteiger partial charge is 0.790 e. The number of nitrogens with one attached hydrogen (secondary N) is 2. The van der Waals surface area contributed by atoms with Crippen LogP contribution in [0.5, 0.6) is 0 Å². The Morgan fingerprint density at radius 2 is 1.79 bits per heavy atom. The molecule has 2 amide bonds. The van der Waals surface area contributed by atoms with Crippen LogP contribution in [0.2, 0.25) is 0 Å². The number of carbonyl (C=O) groups excluding carboxylic acids is 3. The fraction of sp³-hybridized carbons (Fsp3) is 0.643. The van der Waals surface area contributed by atoms with Crippen molar-refractivity contribution in [3.8, 4) is 0 Å². The first kappa shape index (κ1) is 46.9. The Balaban J connectivity index is 1.22. The minimum absolute atomic E-state index is 0.0252. The van der Waals surface area contributed by atoms with Crippen LogP contribution in [0.3, 0.4) is 0 Å². The highest BCUT2D eigenvalue weighted by molar-refractivity contribution is 8.14. The van der Waals surface area contributed by atoms with Crippen molar-refractivity contribution in [2.45, 2.75) is 76.3 Å². The van der Waals surface area contributed by atoms with E-state index in [2.05, 4.69) is 43.5 Å². The maximum absolute atomic E-state index is 12.5. The third-order valence-corrected chi connectivity index (χ3v) is 12.3. The molecule has 25 nitrogen and oxygen atoms in total. The first-order valence-corrected chi connectivity index (χ1v) is 22.2. The van der Waals surface area contributed by atoms with Gasteiger partial charge in [0, 0.05) is 42.7 Å². The molecular formula is C28H40N7O18P3S-4. The van der Waals surface area contributed by atoms with E-state index < -0.39 is 90.7 Å². The molecule has 3 heterocycles. The minimum atomic E-state index is -5.92. The molecule has 57 heavy (non-hydrogen) atoms. The van der Waals surface area contributed by atoms with Crippen molar-refractivity contribution in [1.29, 1.82) is 0 Å². The molecule has 1 saturated heterocycles. The lowest BCUT2D eigenvalue weighted by Gasteiger charge is -2.36. The number of nitrogens with zero attached hydrogens (tertiary/aromatic N) is 4. The van der Waals surface area contributed by atoms with Gasteiger partial charge in [0.25, 0.3) is 15.6 Å². The van der Waals surface area contributed by atoms with E-state index in [9.17, 15) is 63.0 Å². The first-order valence-electron chi connectivity index (χ1n) is 16.8. The van der Waals surface area contributed by atoms with Gasteiger partial charge in [0.05, 0.1) is 33.5 Å². The van der Waals surface area contributed by atoms with Gasteiger partial charge in [-0.25, -0.2) is 19.3 Å². The van der Waals surface area contributed by atoms with Gasteiger partial charge in [-0.1, -0.05) is 31.7 Å². The molecule has 1 aliphatic carbocycles. The van der Waals surface area contributed by atoms with E-state index in [-0.39, 0.29) is 53.8 Å². The molecule has 2 aromatic heterocycles. The predicted octanol–water partition coefficient (Wildman–Crippen LogP) is -3.39. The van der Waals surface area contributed by atoms with Crippen molar-refractivity contribution < 1.29 is 85.6 Å². The Hall–Kier alpha value is -2.74. The van der Waals surface area contributed by atoms with Crippen LogP contribution in [0.15, 0.2) is 24.3 Å². The average Bonchev–Trinajstić information content (AvgIpc) is 3.68. The Morgan fingerprint density at radius 3 is 2.47 bits per heavy atom. The number of nitrogens with two attached hydrogens (primary N) is 1. The Kier molecular flexibility index (Phi) is 16.1. The third-order valence-electron chi connectivity index (χ3n) is 8.32. The maximum atomic E-state index is 12.5. The molecule has 1 aliphatic heterocycles. The fourth-order valence-electron chi connectivity index (χ4n) is 5.40. The summed E-state index contributed by atoms with van der Waals surface area (Å²) in [6.07, 6.45) is -4.95. The molecule has 4 rings (SSSR count). The van der Waals surface area contributed by atoms with E-state index >= 15 is 0 Å². The van der Waals surface area contributed by atoms with Crippen LogP contribution in [0.25, 0.3) is 11.2 Å². The second kappa shape index (κ2) is 19.5. The molecule has 1 fully saturated rings. The summed E-state index contributed by atoms with van der Waals surface area (Å²) in [7, 11) is -17.6. The number of fused-ring (bicyclic) bond motifs is 1. The normalized spacial score (nSPS) is 24.3. The van der Waals surface area contributed by atoms with E-state index in [1.165, 1.54) is 13.8 Å². The number of thioether (sulfide) groups is 1. The van der Waals surface area contributed by atoms with E-state index in [0.717, 1.165) is 29.0 Å². The van der Waals surface area contributed by atoms with Gasteiger partial charge < -0.3 is 74.1 Å². The molecule has 0 aromatic carbocycles. The summed E-state index contributed by atoms with van der Waals surface area (Å²) in [6, 6.07) is 0. The lowest BCUT2D eigenvalue weighted by atomic mass is 9.87. The van der Waals surface area contributed by atoms with Crippen molar-refractivity contribution in [3.05, 3.63) is 24.3 Å². The topological polar surface area (TPSA) is 395 Å². The molecule has 2 unspecified atom stereocenters. The zero-order valence-corrected chi connectivity index (χ0v) is 33.6. The number of rotatable bonds is 20.